The Morgan fingerprint density at radius 3 is 1.97 bits per heavy atom. The second-order valence-corrected chi connectivity index (χ2v) is 11.1. The van der Waals surface area contributed by atoms with Gasteiger partial charge in [-0.3, -0.25) is 4.90 Å². The third-order valence-electron chi connectivity index (χ3n) is 7.13. The van der Waals surface area contributed by atoms with Crippen LogP contribution in [0.15, 0.2) is 65.6 Å². The van der Waals surface area contributed by atoms with Crippen molar-refractivity contribution >= 4 is 23.1 Å². The van der Waals surface area contributed by atoms with E-state index in [0.29, 0.717) is 6.54 Å². The monoisotopic (exact) mass is 550 g/mol. The van der Waals surface area contributed by atoms with Crippen molar-refractivity contribution in [2.75, 3.05) is 18.6 Å². The molecule has 2 aromatic carbocycles. The van der Waals surface area contributed by atoms with Gasteiger partial charge in [-0.25, -0.2) is 4.79 Å². The van der Waals surface area contributed by atoms with Crippen LogP contribution < -0.4 is 19.5 Å². The smallest absolute Gasteiger partial charge is 0.321 e. The number of hydrogen-bond donors (Lipinski definition) is 1. The summed E-state index contributed by atoms with van der Waals surface area (Å²) in [5, 5.41) is 4.84. The summed E-state index contributed by atoms with van der Waals surface area (Å²) in [6.07, 6.45) is 18.2. The highest BCUT2D eigenvalue weighted by Crippen LogP contribution is 2.21. The average molecular weight is 551 g/mol. The molecule has 0 atom stereocenters. The van der Waals surface area contributed by atoms with Crippen molar-refractivity contribution in [1.29, 1.82) is 0 Å². The third-order valence-corrected chi connectivity index (χ3v) is 7.80. The van der Waals surface area contributed by atoms with E-state index in [9.17, 15) is 4.79 Å². The molecule has 0 spiro atoms. The van der Waals surface area contributed by atoms with E-state index in [1.165, 1.54) is 76.2 Å². The molecular formula is C33H48N3O2S+. The molecule has 0 radical (unpaired) electrons. The van der Waals surface area contributed by atoms with Crippen LogP contribution in [0, 0.1) is 0 Å². The van der Waals surface area contributed by atoms with E-state index in [1.807, 2.05) is 24.3 Å². The summed E-state index contributed by atoms with van der Waals surface area (Å²) in [5.74, 6) is 0.892. The maximum atomic E-state index is 12.7. The number of benzene rings is 2. The van der Waals surface area contributed by atoms with E-state index in [1.54, 1.807) is 23.3 Å². The molecule has 0 aliphatic carbocycles. The lowest BCUT2D eigenvalue weighted by molar-refractivity contribution is -0.683. The molecule has 39 heavy (non-hydrogen) atoms. The van der Waals surface area contributed by atoms with Gasteiger partial charge in [0.15, 0.2) is 12.7 Å². The lowest BCUT2D eigenvalue weighted by Crippen LogP contribution is -2.37. The van der Waals surface area contributed by atoms with Gasteiger partial charge in [0.1, 0.15) is 5.75 Å². The lowest BCUT2D eigenvalue weighted by Gasteiger charge is -2.23. The lowest BCUT2D eigenvalue weighted by atomic mass is 10.1. The zero-order valence-electron chi connectivity index (χ0n) is 24.1. The number of nitrogens with one attached hydrogen (secondary N) is 1. The molecule has 212 valence electrons. The van der Waals surface area contributed by atoms with Gasteiger partial charge in [0.05, 0.1) is 18.5 Å². The predicted octanol–water partition coefficient (Wildman–Crippen LogP) is 8.51. The van der Waals surface area contributed by atoms with E-state index in [4.69, 9.17) is 4.74 Å². The normalized spacial score (nSPS) is 10.9. The molecule has 0 unspecified atom stereocenters. The Bertz CT molecular complexity index is 1040. The van der Waals surface area contributed by atoms with Crippen molar-refractivity contribution in [3.63, 3.8) is 0 Å². The molecule has 1 aromatic heterocycles. The molecule has 2 amide bonds. The standard InChI is InChI=1S/C33H47N3O2S/c1-3-4-5-6-7-8-9-10-11-12-13-14-24-38-32-21-17-30(18-22-32)27-36(33(37)34-2)31-19-15-29(16-20-31)26-35-23-25-39-28-35/h15-23,25,28H,3-14,24,26-27H2,1-2H3/p+1. The number of unbranched alkanes of at least 4 members (excludes halogenated alkanes) is 11. The van der Waals surface area contributed by atoms with Crippen molar-refractivity contribution in [2.45, 2.75) is 97.1 Å². The van der Waals surface area contributed by atoms with Crippen molar-refractivity contribution < 1.29 is 14.1 Å². The zero-order valence-corrected chi connectivity index (χ0v) is 24.9. The van der Waals surface area contributed by atoms with E-state index in [-0.39, 0.29) is 6.03 Å². The number of hydrogen-bond acceptors (Lipinski definition) is 3. The van der Waals surface area contributed by atoms with Gasteiger partial charge in [0, 0.05) is 18.3 Å². The number of amides is 2. The first-order valence-corrected chi connectivity index (χ1v) is 15.8. The molecule has 0 aliphatic rings. The second-order valence-electron chi connectivity index (χ2n) is 10.4. The minimum absolute atomic E-state index is 0.123. The van der Waals surface area contributed by atoms with Gasteiger partial charge in [-0.1, -0.05) is 113 Å². The Balaban J connectivity index is 1.34. The number of anilines is 1. The summed E-state index contributed by atoms with van der Waals surface area (Å²) in [4.78, 5) is 14.4. The number of rotatable bonds is 19. The van der Waals surface area contributed by atoms with E-state index in [0.717, 1.165) is 36.6 Å². The Hall–Kier alpha value is -2.86. The minimum Gasteiger partial charge on any atom is -0.494 e. The first-order chi connectivity index (χ1) is 19.2. The van der Waals surface area contributed by atoms with Crippen LogP contribution in [0.3, 0.4) is 0 Å². The number of nitrogens with zero attached hydrogens (tertiary/aromatic N) is 2. The Morgan fingerprint density at radius 1 is 0.821 bits per heavy atom. The largest absolute Gasteiger partial charge is 0.494 e. The van der Waals surface area contributed by atoms with Crippen molar-refractivity contribution in [1.82, 2.24) is 5.32 Å². The molecule has 0 bridgehead atoms. The zero-order chi connectivity index (χ0) is 27.5. The number of ether oxygens (including phenoxy) is 1. The second kappa shape index (κ2) is 18.4. The summed E-state index contributed by atoms with van der Waals surface area (Å²) in [6.45, 7) is 4.36. The highest BCUT2D eigenvalue weighted by Gasteiger charge is 2.15. The van der Waals surface area contributed by atoms with E-state index in [2.05, 4.69) is 58.2 Å². The van der Waals surface area contributed by atoms with E-state index < -0.39 is 0 Å². The molecule has 3 aromatic rings. The number of carbonyl (C=O) groups is 1. The van der Waals surface area contributed by atoms with Gasteiger partial charge in [0.2, 0.25) is 5.51 Å². The Labute approximate surface area is 240 Å². The molecule has 5 nitrogen and oxygen atoms in total. The molecular weight excluding hydrogens is 502 g/mol. The van der Waals surface area contributed by atoms with Crippen LogP contribution in [0.5, 0.6) is 5.75 Å². The minimum atomic E-state index is -0.123. The summed E-state index contributed by atoms with van der Waals surface area (Å²) in [7, 11) is 1.67. The van der Waals surface area contributed by atoms with Crippen molar-refractivity contribution in [3.05, 3.63) is 76.7 Å². The van der Waals surface area contributed by atoms with Crippen LogP contribution >= 0.6 is 11.3 Å². The summed E-state index contributed by atoms with van der Waals surface area (Å²) in [6, 6.07) is 16.2. The first-order valence-electron chi connectivity index (χ1n) is 14.9. The molecule has 6 heteroatoms. The fraction of sp³-hybridized carbons (Fsp3) is 0.515. The molecule has 0 fully saturated rings. The predicted molar refractivity (Wildman–Crippen MR) is 164 cm³/mol. The Kier molecular flexibility index (Phi) is 14.5. The molecule has 0 aliphatic heterocycles. The highest BCUT2D eigenvalue weighted by molar-refractivity contribution is 7.07. The van der Waals surface area contributed by atoms with Crippen molar-refractivity contribution in [3.8, 4) is 5.75 Å². The fourth-order valence-corrected chi connectivity index (χ4v) is 5.36. The van der Waals surface area contributed by atoms with Crippen LogP contribution in [0.2, 0.25) is 0 Å². The maximum Gasteiger partial charge on any atom is 0.321 e. The average Bonchev–Trinajstić information content (AvgIpc) is 3.48. The molecule has 0 saturated carbocycles. The maximum absolute atomic E-state index is 12.7. The quantitative estimate of drug-likeness (QED) is 0.120. The molecule has 0 saturated heterocycles. The fourth-order valence-electron chi connectivity index (χ4n) is 4.77. The summed E-state index contributed by atoms with van der Waals surface area (Å²) < 4.78 is 8.12. The van der Waals surface area contributed by atoms with Crippen LogP contribution in [-0.4, -0.2) is 19.7 Å². The van der Waals surface area contributed by atoms with Crippen LogP contribution in [0.4, 0.5) is 10.5 Å². The van der Waals surface area contributed by atoms with Gasteiger partial charge in [0.25, 0.3) is 0 Å². The summed E-state index contributed by atoms with van der Waals surface area (Å²) in [5.41, 5.74) is 5.24. The molecule has 3 rings (SSSR count). The highest BCUT2D eigenvalue weighted by atomic mass is 32.1. The SMILES string of the molecule is CCCCCCCCCCCCCCOc1ccc(CN(C(=O)NC)c2ccc(C[n+]3ccsc3)cc2)cc1. The number of thiazole rings is 1. The Morgan fingerprint density at radius 2 is 1.41 bits per heavy atom. The molecule has 1 N–H and O–H groups in total. The first kappa shape index (κ1) is 30.7. The van der Waals surface area contributed by atoms with Gasteiger partial charge in [-0.05, 0) is 36.2 Å². The third kappa shape index (κ3) is 11.8. The van der Waals surface area contributed by atoms with Gasteiger partial charge in [-0.2, -0.15) is 4.57 Å². The van der Waals surface area contributed by atoms with Crippen LogP contribution in [-0.2, 0) is 13.1 Å². The van der Waals surface area contributed by atoms with Gasteiger partial charge >= 0.3 is 6.03 Å². The van der Waals surface area contributed by atoms with Crippen molar-refractivity contribution in [2.24, 2.45) is 0 Å². The number of urea groups is 1. The van der Waals surface area contributed by atoms with Gasteiger partial charge < -0.3 is 10.1 Å². The van der Waals surface area contributed by atoms with Gasteiger partial charge in [-0.15, -0.1) is 0 Å². The van der Waals surface area contributed by atoms with Crippen LogP contribution in [0.25, 0.3) is 0 Å². The van der Waals surface area contributed by atoms with E-state index >= 15 is 0 Å². The topological polar surface area (TPSA) is 45.5 Å². The molecule has 1 heterocycles. The summed E-state index contributed by atoms with van der Waals surface area (Å²) >= 11 is 1.68. The van der Waals surface area contributed by atoms with Crippen LogP contribution in [0.1, 0.15) is 95.1 Å². The number of carbonyl (C=O) groups excluding carboxylic acids is 1. The number of aromatic nitrogens is 1.